The van der Waals surface area contributed by atoms with E-state index in [1.54, 1.807) is 11.8 Å². The number of benzene rings is 1. The maximum absolute atomic E-state index is 9.22. The molecule has 23 heavy (non-hydrogen) atoms. The summed E-state index contributed by atoms with van der Waals surface area (Å²) < 4.78 is 18.1. The van der Waals surface area contributed by atoms with Crippen LogP contribution < -0.4 is 9.47 Å². The summed E-state index contributed by atoms with van der Waals surface area (Å²) in [5.41, 5.74) is -0.148. The minimum Gasteiger partial charge on any atom is -0.493 e. The Morgan fingerprint density at radius 3 is 2.65 bits per heavy atom. The van der Waals surface area contributed by atoms with Crippen molar-refractivity contribution in [1.29, 1.82) is 0 Å². The average Bonchev–Trinajstić information content (AvgIpc) is 2.94. The van der Waals surface area contributed by atoms with Crippen molar-refractivity contribution in [2.75, 3.05) is 26.9 Å². The van der Waals surface area contributed by atoms with Gasteiger partial charge in [-0.05, 0) is 19.1 Å². The average molecular weight is 319 g/mol. The Kier molecular flexibility index (Phi) is 4.49. The number of aliphatic hydroxyl groups excluding tert-OH is 1. The number of hydrogen-bond acceptors (Lipinski definition) is 6. The van der Waals surface area contributed by atoms with E-state index in [1.807, 2.05) is 24.3 Å². The van der Waals surface area contributed by atoms with Gasteiger partial charge in [-0.25, -0.2) is 9.67 Å². The van der Waals surface area contributed by atoms with Crippen molar-refractivity contribution in [1.82, 2.24) is 14.8 Å². The lowest BCUT2D eigenvalue weighted by atomic mass is 9.87. The summed E-state index contributed by atoms with van der Waals surface area (Å²) in [5, 5.41) is 13.7. The second kappa shape index (κ2) is 6.55. The van der Waals surface area contributed by atoms with Crippen molar-refractivity contribution in [3.63, 3.8) is 0 Å². The predicted molar refractivity (Wildman–Crippen MR) is 82.6 cm³/mol. The van der Waals surface area contributed by atoms with Crippen LogP contribution in [0.15, 0.2) is 24.3 Å². The van der Waals surface area contributed by atoms with Crippen LogP contribution in [0.2, 0.25) is 0 Å². The van der Waals surface area contributed by atoms with Gasteiger partial charge in [0.2, 0.25) is 0 Å². The van der Waals surface area contributed by atoms with Gasteiger partial charge in [0.05, 0.1) is 38.9 Å². The molecule has 0 bridgehead atoms. The zero-order valence-electron chi connectivity index (χ0n) is 13.4. The summed E-state index contributed by atoms with van der Waals surface area (Å²) in [5.74, 6) is 2.72. The van der Waals surface area contributed by atoms with Gasteiger partial charge < -0.3 is 19.3 Å². The van der Waals surface area contributed by atoms with Gasteiger partial charge in [0.25, 0.3) is 0 Å². The molecule has 0 atom stereocenters. The third-order valence-corrected chi connectivity index (χ3v) is 3.83. The van der Waals surface area contributed by atoms with E-state index < -0.39 is 0 Å². The molecule has 0 aliphatic carbocycles. The topological polar surface area (TPSA) is 78.6 Å². The molecule has 1 saturated heterocycles. The minimum atomic E-state index is -0.148. The summed E-state index contributed by atoms with van der Waals surface area (Å²) >= 11 is 0. The van der Waals surface area contributed by atoms with E-state index in [0.717, 1.165) is 5.82 Å². The normalized spacial score (nSPS) is 16.0. The van der Waals surface area contributed by atoms with Gasteiger partial charge in [-0.1, -0.05) is 12.1 Å². The summed E-state index contributed by atoms with van der Waals surface area (Å²) in [6.45, 7) is 3.97. The van der Waals surface area contributed by atoms with Crippen molar-refractivity contribution in [2.45, 2.75) is 25.5 Å². The number of rotatable bonds is 7. The molecule has 7 heteroatoms. The maximum Gasteiger partial charge on any atom is 0.188 e. The molecule has 0 saturated carbocycles. The number of ether oxygens (including phenoxy) is 3. The molecule has 1 aliphatic heterocycles. The standard InChI is InChI=1S/C16H21N3O4/c1-16(10-22-11-16)15-17-14(18-19(15)7-8-20)9-23-13-6-4-3-5-12(13)21-2/h3-6,20H,7-11H2,1-2H3. The summed E-state index contributed by atoms with van der Waals surface area (Å²) in [6, 6.07) is 7.44. The van der Waals surface area contributed by atoms with E-state index in [-0.39, 0.29) is 18.6 Å². The molecular weight excluding hydrogens is 298 g/mol. The van der Waals surface area contributed by atoms with Crippen LogP contribution in [-0.2, 0) is 23.3 Å². The smallest absolute Gasteiger partial charge is 0.188 e. The van der Waals surface area contributed by atoms with E-state index in [1.165, 1.54) is 0 Å². The third kappa shape index (κ3) is 3.16. The fourth-order valence-corrected chi connectivity index (χ4v) is 2.57. The van der Waals surface area contributed by atoms with Crippen LogP contribution in [0.25, 0.3) is 0 Å². The second-order valence-electron chi connectivity index (χ2n) is 5.79. The molecule has 0 radical (unpaired) electrons. The van der Waals surface area contributed by atoms with Gasteiger partial charge >= 0.3 is 0 Å². The molecule has 2 aromatic rings. The lowest BCUT2D eigenvalue weighted by molar-refractivity contribution is -0.0566. The largest absolute Gasteiger partial charge is 0.493 e. The SMILES string of the molecule is COc1ccccc1OCc1nc(C2(C)COC2)n(CCO)n1. The Hall–Kier alpha value is -2.12. The van der Waals surface area contributed by atoms with Crippen LogP contribution in [0.4, 0.5) is 0 Å². The molecule has 1 fully saturated rings. The van der Waals surface area contributed by atoms with Crippen LogP contribution in [0, 0.1) is 0 Å². The number of methoxy groups -OCH3 is 1. The predicted octanol–water partition coefficient (Wildman–Crippen LogP) is 1.15. The molecule has 7 nitrogen and oxygen atoms in total. The first-order valence-corrected chi connectivity index (χ1v) is 7.55. The van der Waals surface area contributed by atoms with Crippen molar-refractivity contribution in [3.8, 4) is 11.5 Å². The van der Waals surface area contributed by atoms with Crippen LogP contribution >= 0.6 is 0 Å². The Balaban J connectivity index is 1.76. The second-order valence-corrected chi connectivity index (χ2v) is 5.79. The first-order chi connectivity index (χ1) is 11.2. The molecule has 1 aromatic carbocycles. The Bertz CT molecular complexity index is 667. The fraction of sp³-hybridized carbons (Fsp3) is 0.500. The number of nitrogens with zero attached hydrogens (tertiary/aromatic N) is 3. The molecule has 124 valence electrons. The van der Waals surface area contributed by atoms with Gasteiger partial charge in [0, 0.05) is 0 Å². The summed E-state index contributed by atoms with van der Waals surface area (Å²) in [6.07, 6.45) is 0. The summed E-state index contributed by atoms with van der Waals surface area (Å²) in [4.78, 5) is 4.59. The van der Waals surface area contributed by atoms with Crippen LogP contribution in [-0.4, -0.2) is 46.8 Å². The van der Waals surface area contributed by atoms with Gasteiger partial charge in [0.15, 0.2) is 17.3 Å². The molecular formula is C16H21N3O4. The molecule has 1 aromatic heterocycles. The number of para-hydroxylation sites is 2. The van der Waals surface area contributed by atoms with Gasteiger partial charge in [-0.15, -0.1) is 0 Å². The Morgan fingerprint density at radius 2 is 2.04 bits per heavy atom. The van der Waals surface area contributed by atoms with Crippen LogP contribution in [0.3, 0.4) is 0 Å². The first-order valence-electron chi connectivity index (χ1n) is 7.55. The molecule has 1 N–H and O–H groups in total. The van der Waals surface area contributed by atoms with E-state index in [4.69, 9.17) is 14.2 Å². The highest BCUT2D eigenvalue weighted by atomic mass is 16.5. The number of hydrogen-bond donors (Lipinski definition) is 1. The maximum atomic E-state index is 9.22. The van der Waals surface area contributed by atoms with Crippen molar-refractivity contribution in [2.24, 2.45) is 0 Å². The van der Waals surface area contributed by atoms with Gasteiger partial charge in [-0.2, -0.15) is 5.10 Å². The lowest BCUT2D eigenvalue weighted by Gasteiger charge is -2.36. The Labute approximate surface area is 134 Å². The van der Waals surface area contributed by atoms with Crippen molar-refractivity contribution >= 4 is 0 Å². The minimum absolute atomic E-state index is 0.0140. The van der Waals surface area contributed by atoms with Crippen molar-refractivity contribution in [3.05, 3.63) is 35.9 Å². The van der Waals surface area contributed by atoms with E-state index in [9.17, 15) is 5.11 Å². The highest BCUT2D eigenvalue weighted by Crippen LogP contribution is 2.31. The van der Waals surface area contributed by atoms with E-state index in [2.05, 4.69) is 17.0 Å². The van der Waals surface area contributed by atoms with Crippen LogP contribution in [0.1, 0.15) is 18.6 Å². The molecule has 0 spiro atoms. The fourth-order valence-electron chi connectivity index (χ4n) is 2.57. The molecule has 3 rings (SSSR count). The van der Waals surface area contributed by atoms with Gasteiger partial charge in [0.1, 0.15) is 12.4 Å². The number of aliphatic hydroxyl groups is 1. The highest BCUT2D eigenvalue weighted by Gasteiger charge is 2.40. The molecule has 0 amide bonds. The molecule has 1 aliphatic rings. The zero-order chi connectivity index (χ0) is 16.3. The third-order valence-electron chi connectivity index (χ3n) is 3.83. The molecule has 0 unspecified atom stereocenters. The van der Waals surface area contributed by atoms with E-state index >= 15 is 0 Å². The van der Waals surface area contributed by atoms with Crippen LogP contribution in [0.5, 0.6) is 11.5 Å². The Morgan fingerprint density at radius 1 is 1.30 bits per heavy atom. The van der Waals surface area contributed by atoms with Crippen molar-refractivity contribution < 1.29 is 19.3 Å². The lowest BCUT2D eigenvalue weighted by Crippen LogP contribution is -2.46. The number of aromatic nitrogens is 3. The highest BCUT2D eigenvalue weighted by molar-refractivity contribution is 5.39. The molecule has 2 heterocycles. The zero-order valence-corrected chi connectivity index (χ0v) is 13.4. The van der Waals surface area contributed by atoms with E-state index in [0.29, 0.717) is 37.1 Å². The monoisotopic (exact) mass is 319 g/mol. The van der Waals surface area contributed by atoms with Gasteiger partial charge in [-0.3, -0.25) is 0 Å². The quantitative estimate of drug-likeness (QED) is 0.825. The summed E-state index contributed by atoms with van der Waals surface area (Å²) in [7, 11) is 1.60. The first kappa shape index (κ1) is 15.8.